The summed E-state index contributed by atoms with van der Waals surface area (Å²) >= 11 is 0. The molecule has 14 heavy (non-hydrogen) atoms. The first-order valence-electron chi connectivity index (χ1n) is 3.81. The molecular formula is C8H15F3N2O. The van der Waals surface area contributed by atoms with Crippen LogP contribution in [0.5, 0.6) is 0 Å². The van der Waals surface area contributed by atoms with Crippen LogP contribution in [0.2, 0.25) is 0 Å². The molecular weight excluding hydrogens is 197 g/mol. The predicted molar refractivity (Wildman–Crippen MR) is 48.1 cm³/mol. The van der Waals surface area contributed by atoms with Crippen molar-refractivity contribution in [3.8, 4) is 0 Å². The summed E-state index contributed by atoms with van der Waals surface area (Å²) in [5, 5.41) is 6.92. The van der Waals surface area contributed by atoms with E-state index in [2.05, 4.69) is 0 Å². The minimum Gasteiger partial charge on any atom is -0.387 e. The molecule has 0 radical (unpaired) electrons. The molecule has 3 nitrogen and oxygen atoms in total. The van der Waals surface area contributed by atoms with Gasteiger partial charge in [-0.2, -0.15) is 13.2 Å². The maximum Gasteiger partial charge on any atom is 0.449 e. The Bertz CT molecular complexity index is 192. The third-order valence-corrected chi connectivity index (χ3v) is 1.21. The van der Waals surface area contributed by atoms with Gasteiger partial charge in [-0.1, -0.05) is 20.8 Å². The minimum absolute atomic E-state index is 0.139. The van der Waals surface area contributed by atoms with E-state index in [0.717, 1.165) is 0 Å². The second kappa shape index (κ2) is 4.97. The molecule has 84 valence electrons. The smallest absolute Gasteiger partial charge is 0.387 e. The first-order valence-corrected chi connectivity index (χ1v) is 3.81. The highest BCUT2D eigenvalue weighted by Crippen LogP contribution is 2.14. The number of carbonyl (C=O) groups excluding carboxylic acids is 1. The molecule has 0 saturated heterocycles. The first-order chi connectivity index (χ1) is 5.89. The summed E-state index contributed by atoms with van der Waals surface area (Å²) in [6, 6.07) is 0. The lowest BCUT2D eigenvalue weighted by Gasteiger charge is -2.14. The summed E-state index contributed by atoms with van der Waals surface area (Å²) < 4.78 is 32.5. The molecule has 0 spiro atoms. The average Bonchev–Trinajstić information content (AvgIpc) is 1.83. The summed E-state index contributed by atoms with van der Waals surface area (Å²) in [6.45, 7) is 6.22. The van der Waals surface area contributed by atoms with Gasteiger partial charge in [0.15, 0.2) is 0 Å². The van der Waals surface area contributed by atoms with Crippen LogP contribution >= 0.6 is 0 Å². The number of hydrogen-bond acceptors (Lipinski definition) is 2. The second-order valence-corrected chi connectivity index (χ2v) is 3.72. The van der Waals surface area contributed by atoms with Gasteiger partial charge in [-0.15, -0.1) is 0 Å². The Morgan fingerprint density at radius 3 is 1.36 bits per heavy atom. The fourth-order valence-electron chi connectivity index (χ4n) is 0. The third kappa shape index (κ3) is 9.02. The molecule has 0 amide bonds. The van der Waals surface area contributed by atoms with E-state index >= 15 is 0 Å². The van der Waals surface area contributed by atoms with Crippen molar-refractivity contribution in [2.24, 2.45) is 11.1 Å². The number of ketones is 1. The van der Waals surface area contributed by atoms with Crippen molar-refractivity contribution in [2.45, 2.75) is 33.9 Å². The zero-order valence-corrected chi connectivity index (χ0v) is 8.62. The van der Waals surface area contributed by atoms with Crippen molar-refractivity contribution in [3.63, 3.8) is 0 Å². The Balaban J connectivity index is 0. The average molecular weight is 212 g/mol. The fraction of sp³-hybridized carbons (Fsp3) is 0.750. The number of Topliss-reactive ketones (excluding diaryl/α,β-unsaturated/α-hetero) is 1. The number of rotatable bonds is 0. The van der Waals surface area contributed by atoms with Gasteiger partial charge in [-0.3, -0.25) is 10.2 Å². The SMILES string of the molecule is CC(=O)C(F)(F)F.CC(C)(C)C(=N)N. The largest absolute Gasteiger partial charge is 0.449 e. The van der Waals surface area contributed by atoms with Crippen molar-refractivity contribution in [1.82, 2.24) is 0 Å². The highest BCUT2D eigenvalue weighted by molar-refractivity contribution is 5.82. The Hall–Kier alpha value is -1.07. The van der Waals surface area contributed by atoms with Crippen LogP contribution in [0.25, 0.3) is 0 Å². The molecule has 0 rings (SSSR count). The molecule has 0 bridgehead atoms. The van der Waals surface area contributed by atoms with Gasteiger partial charge >= 0.3 is 6.18 Å². The van der Waals surface area contributed by atoms with E-state index in [0.29, 0.717) is 6.92 Å². The van der Waals surface area contributed by atoms with Gasteiger partial charge in [0.1, 0.15) is 0 Å². The first kappa shape index (κ1) is 15.4. The summed E-state index contributed by atoms with van der Waals surface area (Å²) in [5.74, 6) is -1.51. The van der Waals surface area contributed by atoms with E-state index in [4.69, 9.17) is 11.1 Å². The van der Waals surface area contributed by atoms with Crippen LogP contribution in [-0.4, -0.2) is 17.8 Å². The molecule has 0 heterocycles. The van der Waals surface area contributed by atoms with Crippen LogP contribution in [0, 0.1) is 10.8 Å². The van der Waals surface area contributed by atoms with Crippen LogP contribution in [0.15, 0.2) is 0 Å². The lowest BCUT2D eigenvalue weighted by atomic mass is 9.96. The number of nitrogens with one attached hydrogen (secondary N) is 1. The topological polar surface area (TPSA) is 66.9 Å². The van der Waals surface area contributed by atoms with Crippen LogP contribution in [0.3, 0.4) is 0 Å². The van der Waals surface area contributed by atoms with Crippen LogP contribution in [-0.2, 0) is 4.79 Å². The Morgan fingerprint density at radius 1 is 1.21 bits per heavy atom. The van der Waals surface area contributed by atoms with Gasteiger partial charge in [0.05, 0.1) is 5.84 Å². The van der Waals surface area contributed by atoms with Crippen LogP contribution in [0.4, 0.5) is 13.2 Å². The normalized spacial score (nSPS) is 11.4. The number of halogens is 3. The van der Waals surface area contributed by atoms with Crippen molar-refractivity contribution in [1.29, 1.82) is 5.41 Å². The van der Waals surface area contributed by atoms with Crippen LogP contribution < -0.4 is 5.73 Å². The van der Waals surface area contributed by atoms with E-state index in [1.54, 1.807) is 0 Å². The Labute approximate surface area is 81.0 Å². The van der Waals surface area contributed by atoms with E-state index < -0.39 is 12.0 Å². The molecule has 0 aromatic heterocycles. The molecule has 0 atom stereocenters. The molecule has 0 aliphatic heterocycles. The molecule has 0 aromatic carbocycles. The molecule has 0 aromatic rings. The van der Waals surface area contributed by atoms with Crippen molar-refractivity contribution in [2.75, 3.05) is 0 Å². The van der Waals surface area contributed by atoms with Gasteiger partial charge in [0, 0.05) is 12.3 Å². The minimum atomic E-state index is -4.64. The van der Waals surface area contributed by atoms with Gasteiger partial charge in [-0.25, -0.2) is 0 Å². The quantitative estimate of drug-likeness (QED) is 0.477. The molecule has 6 heteroatoms. The lowest BCUT2D eigenvalue weighted by molar-refractivity contribution is -0.168. The van der Waals surface area contributed by atoms with E-state index in [1.165, 1.54) is 0 Å². The third-order valence-electron chi connectivity index (χ3n) is 1.21. The summed E-state index contributed by atoms with van der Waals surface area (Å²) in [7, 11) is 0. The van der Waals surface area contributed by atoms with Crippen molar-refractivity contribution in [3.05, 3.63) is 0 Å². The Kier molecular flexibility index (Phi) is 5.47. The summed E-state index contributed by atoms with van der Waals surface area (Å²) in [4.78, 5) is 9.34. The zero-order valence-electron chi connectivity index (χ0n) is 8.62. The van der Waals surface area contributed by atoms with Gasteiger partial charge in [0.2, 0.25) is 5.78 Å². The monoisotopic (exact) mass is 212 g/mol. The van der Waals surface area contributed by atoms with Crippen molar-refractivity contribution < 1.29 is 18.0 Å². The fourth-order valence-corrected chi connectivity index (χ4v) is 0. The number of nitrogens with two attached hydrogens (primary N) is 1. The zero-order chi connectivity index (χ0) is 12.2. The number of hydrogen-bond donors (Lipinski definition) is 2. The number of alkyl halides is 3. The molecule has 3 N–H and O–H groups in total. The Morgan fingerprint density at radius 2 is 1.36 bits per heavy atom. The van der Waals surface area contributed by atoms with Gasteiger partial charge < -0.3 is 5.73 Å². The van der Waals surface area contributed by atoms with E-state index in [-0.39, 0.29) is 11.3 Å². The van der Waals surface area contributed by atoms with E-state index in [1.807, 2.05) is 20.8 Å². The molecule has 0 aliphatic carbocycles. The predicted octanol–water partition coefficient (Wildman–Crippen LogP) is 2.11. The summed E-state index contributed by atoms with van der Waals surface area (Å²) in [5.41, 5.74) is 5.01. The maximum atomic E-state index is 10.8. The van der Waals surface area contributed by atoms with Crippen LogP contribution in [0.1, 0.15) is 27.7 Å². The molecule has 0 unspecified atom stereocenters. The highest BCUT2D eigenvalue weighted by atomic mass is 19.4. The number of carbonyl (C=O) groups is 1. The molecule has 0 saturated carbocycles. The maximum absolute atomic E-state index is 10.8. The molecule has 0 aliphatic rings. The second-order valence-electron chi connectivity index (χ2n) is 3.72. The van der Waals surface area contributed by atoms with Gasteiger partial charge in [-0.05, 0) is 0 Å². The van der Waals surface area contributed by atoms with Crippen molar-refractivity contribution >= 4 is 11.6 Å². The number of amidine groups is 1. The van der Waals surface area contributed by atoms with E-state index in [9.17, 15) is 18.0 Å². The van der Waals surface area contributed by atoms with Gasteiger partial charge in [0.25, 0.3) is 0 Å². The standard InChI is InChI=1S/C5H12N2.C3H3F3O/c1-5(2,3)4(6)7;1-2(7)3(4,5)6/h1-3H3,(H3,6,7);1H3. The molecule has 0 fully saturated rings. The summed E-state index contributed by atoms with van der Waals surface area (Å²) in [6.07, 6.45) is -4.64. The lowest BCUT2D eigenvalue weighted by Crippen LogP contribution is -2.27. The highest BCUT2D eigenvalue weighted by Gasteiger charge is 2.33.